The summed E-state index contributed by atoms with van der Waals surface area (Å²) in [4.78, 5) is 14.5. The Kier molecular flexibility index (Phi) is 3.03. The molecule has 0 saturated carbocycles. The Morgan fingerprint density at radius 2 is 2.33 bits per heavy atom. The van der Waals surface area contributed by atoms with Crippen LogP contribution in [0.2, 0.25) is 0 Å². The first-order valence-corrected chi connectivity index (χ1v) is 5.61. The summed E-state index contributed by atoms with van der Waals surface area (Å²) in [6.07, 6.45) is 0.989. The largest absolute Gasteiger partial charge is 0.410 e. The Balaban J connectivity index is 2.14. The highest BCUT2D eigenvalue weighted by atomic mass is 32.1. The monoisotopic (exact) mass is 275 g/mol. The second kappa shape index (κ2) is 4.37. The van der Waals surface area contributed by atoms with Gasteiger partial charge in [0, 0.05) is 12.3 Å². The van der Waals surface area contributed by atoms with Crippen molar-refractivity contribution in [1.29, 1.82) is 0 Å². The van der Waals surface area contributed by atoms with E-state index >= 15 is 0 Å². The molecular weight excluding hydrogens is 268 g/mol. The van der Waals surface area contributed by atoms with Gasteiger partial charge in [0.25, 0.3) is 5.92 Å². The molecule has 0 aliphatic rings. The average molecular weight is 275 g/mol. The average Bonchev–Trinajstić information content (AvgIpc) is 2.85. The number of halogens is 2. The fourth-order valence-corrected chi connectivity index (χ4v) is 2.00. The molecule has 0 bridgehead atoms. The highest BCUT2D eigenvalue weighted by Crippen LogP contribution is 2.28. The summed E-state index contributed by atoms with van der Waals surface area (Å²) in [5.74, 6) is -3.40. The number of rotatable bonds is 4. The maximum absolute atomic E-state index is 12.9. The molecule has 2 heterocycles. The van der Waals surface area contributed by atoms with Crippen molar-refractivity contribution >= 4 is 17.2 Å². The van der Waals surface area contributed by atoms with E-state index in [0.717, 1.165) is 29.3 Å². The van der Waals surface area contributed by atoms with Gasteiger partial charge in [0.1, 0.15) is 17.2 Å². The lowest BCUT2D eigenvalue weighted by molar-refractivity contribution is -0.389. The van der Waals surface area contributed by atoms with Gasteiger partial charge in [-0.25, -0.2) is 4.98 Å². The summed E-state index contributed by atoms with van der Waals surface area (Å²) in [6.45, 7) is 0.775. The van der Waals surface area contributed by atoms with Gasteiger partial charge in [-0.15, -0.1) is 16.4 Å². The van der Waals surface area contributed by atoms with Crippen molar-refractivity contribution in [3.05, 3.63) is 32.4 Å². The minimum Gasteiger partial charge on any atom is -0.358 e. The summed E-state index contributed by atoms with van der Waals surface area (Å²) in [7, 11) is 0. The number of hydrogen-bond acceptors (Lipinski definition) is 6. The molecule has 0 aliphatic heterocycles. The van der Waals surface area contributed by atoms with Crippen LogP contribution in [0.4, 0.5) is 14.6 Å². The van der Waals surface area contributed by atoms with Crippen molar-refractivity contribution < 1.29 is 13.7 Å². The zero-order valence-corrected chi connectivity index (χ0v) is 9.90. The van der Waals surface area contributed by atoms with Crippen LogP contribution in [-0.4, -0.2) is 24.9 Å². The van der Waals surface area contributed by atoms with E-state index < -0.39 is 16.7 Å². The number of nitrogens with zero attached hydrogens (tertiary/aromatic N) is 5. The third-order valence-corrected chi connectivity index (χ3v) is 2.82. The molecule has 2 aromatic heterocycles. The molecule has 7 nitrogen and oxygen atoms in total. The minimum atomic E-state index is -3.00. The van der Waals surface area contributed by atoms with Crippen LogP contribution < -0.4 is 0 Å². The number of aromatic nitrogens is 4. The quantitative estimate of drug-likeness (QED) is 0.627. The molecule has 96 valence electrons. The molecule has 0 fully saturated rings. The first-order chi connectivity index (χ1) is 8.36. The molecule has 0 saturated heterocycles. The normalized spacial score (nSPS) is 11.7. The van der Waals surface area contributed by atoms with E-state index in [4.69, 9.17) is 0 Å². The smallest absolute Gasteiger partial charge is 0.358 e. The van der Waals surface area contributed by atoms with Gasteiger partial charge in [-0.05, 0) is 4.92 Å². The van der Waals surface area contributed by atoms with Gasteiger partial charge >= 0.3 is 5.82 Å². The molecule has 0 atom stereocenters. The van der Waals surface area contributed by atoms with Gasteiger partial charge in [0.15, 0.2) is 6.20 Å². The third-order valence-electron chi connectivity index (χ3n) is 1.99. The summed E-state index contributed by atoms with van der Waals surface area (Å²) >= 11 is 1.03. The highest BCUT2D eigenvalue weighted by molar-refractivity contribution is 7.09. The Morgan fingerprint density at radius 1 is 1.61 bits per heavy atom. The lowest BCUT2D eigenvalue weighted by Crippen LogP contribution is -2.09. The van der Waals surface area contributed by atoms with Crippen LogP contribution in [0.3, 0.4) is 0 Å². The van der Waals surface area contributed by atoms with Gasteiger partial charge in [0.2, 0.25) is 0 Å². The second-order valence-corrected chi connectivity index (χ2v) is 4.45. The van der Waals surface area contributed by atoms with Gasteiger partial charge in [0.05, 0.1) is 5.10 Å². The van der Waals surface area contributed by atoms with Crippen molar-refractivity contribution in [2.75, 3.05) is 0 Å². The standard InChI is InChI=1S/C8H7F2N5O2S/c1-8(9,10)5-4-18-7(12-5)3-14-11-2-6(13-14)15(16)17/h2,4H,3H2,1H3. The van der Waals surface area contributed by atoms with E-state index in [0.29, 0.717) is 5.01 Å². The molecule has 10 heteroatoms. The molecule has 0 spiro atoms. The van der Waals surface area contributed by atoms with Crippen LogP contribution in [0.1, 0.15) is 17.6 Å². The van der Waals surface area contributed by atoms with E-state index in [1.165, 1.54) is 5.38 Å². The molecule has 2 aromatic rings. The van der Waals surface area contributed by atoms with Crippen molar-refractivity contribution in [2.45, 2.75) is 19.4 Å². The summed E-state index contributed by atoms with van der Waals surface area (Å²) in [5, 5.41) is 19.2. The SMILES string of the molecule is CC(F)(F)c1csc(Cn2ncc([N+](=O)[O-])n2)n1. The van der Waals surface area contributed by atoms with Crippen molar-refractivity contribution in [1.82, 2.24) is 20.0 Å². The molecule has 0 aromatic carbocycles. The van der Waals surface area contributed by atoms with Crippen LogP contribution in [0.5, 0.6) is 0 Å². The summed E-state index contributed by atoms with van der Waals surface area (Å²) in [6, 6.07) is 0. The number of alkyl halides is 2. The molecule has 0 unspecified atom stereocenters. The Labute approximate surface area is 103 Å². The molecule has 2 rings (SSSR count). The molecule has 0 N–H and O–H groups in total. The van der Waals surface area contributed by atoms with E-state index in [9.17, 15) is 18.9 Å². The number of nitro groups is 1. The Morgan fingerprint density at radius 3 is 2.83 bits per heavy atom. The first kappa shape index (κ1) is 12.5. The number of thiazole rings is 1. The van der Waals surface area contributed by atoms with Crippen LogP contribution >= 0.6 is 11.3 Å². The van der Waals surface area contributed by atoms with Crippen LogP contribution in [-0.2, 0) is 12.5 Å². The Bertz CT molecular complexity index is 576. The fourth-order valence-electron chi connectivity index (χ4n) is 1.15. The Hall–Kier alpha value is -1.97. The highest BCUT2D eigenvalue weighted by Gasteiger charge is 2.27. The lowest BCUT2D eigenvalue weighted by Gasteiger charge is -2.04. The molecule has 0 aliphatic carbocycles. The fraction of sp³-hybridized carbons (Fsp3) is 0.375. The van der Waals surface area contributed by atoms with Crippen molar-refractivity contribution in [3.63, 3.8) is 0 Å². The molecular formula is C8H7F2N5O2S. The molecule has 18 heavy (non-hydrogen) atoms. The van der Waals surface area contributed by atoms with Gasteiger partial charge in [-0.1, -0.05) is 4.80 Å². The second-order valence-electron chi connectivity index (χ2n) is 3.51. The summed E-state index contributed by atoms with van der Waals surface area (Å²) < 4.78 is 25.9. The maximum atomic E-state index is 12.9. The van der Waals surface area contributed by atoms with E-state index in [1.54, 1.807) is 0 Å². The van der Waals surface area contributed by atoms with Gasteiger partial charge < -0.3 is 10.1 Å². The van der Waals surface area contributed by atoms with E-state index in [-0.39, 0.29) is 12.2 Å². The zero-order valence-electron chi connectivity index (χ0n) is 9.08. The lowest BCUT2D eigenvalue weighted by atomic mass is 10.3. The predicted octanol–water partition coefficient (Wildman–Crippen LogP) is 1.80. The summed E-state index contributed by atoms with van der Waals surface area (Å²) in [5.41, 5.74) is -0.329. The minimum absolute atomic E-state index is 0.0224. The molecule has 0 amide bonds. The zero-order chi connectivity index (χ0) is 13.3. The van der Waals surface area contributed by atoms with Gasteiger partial charge in [-0.2, -0.15) is 8.78 Å². The molecule has 0 radical (unpaired) electrons. The van der Waals surface area contributed by atoms with Gasteiger partial charge in [-0.3, -0.25) is 0 Å². The van der Waals surface area contributed by atoms with Crippen molar-refractivity contribution in [2.24, 2.45) is 0 Å². The van der Waals surface area contributed by atoms with E-state index in [1.807, 2.05) is 0 Å². The predicted molar refractivity (Wildman–Crippen MR) is 57.5 cm³/mol. The maximum Gasteiger partial charge on any atom is 0.410 e. The van der Waals surface area contributed by atoms with Crippen LogP contribution in [0, 0.1) is 10.1 Å². The first-order valence-electron chi connectivity index (χ1n) is 4.73. The number of hydrogen-bond donors (Lipinski definition) is 0. The van der Waals surface area contributed by atoms with Crippen LogP contribution in [0.15, 0.2) is 11.6 Å². The topological polar surface area (TPSA) is 86.7 Å². The van der Waals surface area contributed by atoms with Crippen LogP contribution in [0.25, 0.3) is 0 Å². The van der Waals surface area contributed by atoms with E-state index in [2.05, 4.69) is 15.2 Å². The van der Waals surface area contributed by atoms with Crippen molar-refractivity contribution in [3.8, 4) is 0 Å². The third kappa shape index (κ3) is 2.64.